The molecule has 1 saturated carbocycles. The van der Waals surface area contributed by atoms with Crippen LogP contribution in [0, 0.1) is 11.3 Å². The summed E-state index contributed by atoms with van der Waals surface area (Å²) in [7, 11) is 0. The van der Waals surface area contributed by atoms with Crippen LogP contribution in [0.15, 0.2) is 6.20 Å². The fourth-order valence-electron chi connectivity index (χ4n) is 3.40. The minimum atomic E-state index is -4.37. The molecule has 0 aromatic carbocycles. The minimum Gasteiger partial charge on any atom is -0.323 e. The average Bonchev–Trinajstić information content (AvgIpc) is 2.94. The molecule has 1 heterocycles. The Bertz CT molecular complexity index is 448. The SMILES string of the molecule is CC(C)CC1(C(N)c2cnc(C(F)(F)F)s2)CCCC1. The summed E-state index contributed by atoms with van der Waals surface area (Å²) < 4.78 is 38.0. The van der Waals surface area contributed by atoms with Gasteiger partial charge in [-0.25, -0.2) is 4.98 Å². The molecule has 1 aliphatic carbocycles. The van der Waals surface area contributed by atoms with Gasteiger partial charge < -0.3 is 5.73 Å². The largest absolute Gasteiger partial charge is 0.443 e. The molecule has 1 fully saturated rings. The summed E-state index contributed by atoms with van der Waals surface area (Å²) in [5.41, 5.74) is 6.29. The van der Waals surface area contributed by atoms with Gasteiger partial charge in [-0.3, -0.25) is 0 Å². The van der Waals surface area contributed by atoms with Gasteiger partial charge in [0.15, 0.2) is 5.01 Å². The van der Waals surface area contributed by atoms with Crippen LogP contribution >= 0.6 is 11.3 Å². The second-order valence-electron chi connectivity index (χ2n) is 6.21. The number of nitrogens with two attached hydrogens (primary N) is 1. The lowest BCUT2D eigenvalue weighted by Crippen LogP contribution is -2.33. The molecule has 1 atom stereocenters. The Morgan fingerprint density at radius 2 is 1.95 bits per heavy atom. The van der Waals surface area contributed by atoms with Crippen molar-refractivity contribution in [3.8, 4) is 0 Å². The molecule has 1 unspecified atom stereocenters. The number of nitrogens with zero attached hydrogens (tertiary/aromatic N) is 1. The summed E-state index contributed by atoms with van der Waals surface area (Å²) in [5, 5.41) is -0.791. The number of alkyl halides is 3. The zero-order chi connectivity index (χ0) is 15.0. The molecule has 2 N–H and O–H groups in total. The molecule has 0 saturated heterocycles. The van der Waals surface area contributed by atoms with E-state index in [0.29, 0.717) is 22.1 Å². The summed E-state index contributed by atoms with van der Waals surface area (Å²) in [6.07, 6.45) is 2.16. The molecule has 114 valence electrons. The Balaban J connectivity index is 2.24. The zero-order valence-electron chi connectivity index (χ0n) is 11.8. The van der Waals surface area contributed by atoms with Crippen molar-refractivity contribution in [1.82, 2.24) is 4.98 Å². The van der Waals surface area contributed by atoms with Gasteiger partial charge in [0.05, 0.1) is 0 Å². The average molecular weight is 306 g/mol. The molecule has 0 aliphatic heterocycles. The predicted molar refractivity (Wildman–Crippen MR) is 74.4 cm³/mol. The van der Waals surface area contributed by atoms with Gasteiger partial charge in [0.25, 0.3) is 0 Å². The summed E-state index contributed by atoms with van der Waals surface area (Å²) in [5.74, 6) is 0.495. The molecule has 0 bridgehead atoms. The molecule has 1 aromatic rings. The number of thiazole rings is 1. The smallest absolute Gasteiger partial charge is 0.323 e. The topological polar surface area (TPSA) is 38.9 Å². The molecule has 0 amide bonds. The molecule has 0 radical (unpaired) electrons. The van der Waals surface area contributed by atoms with Crippen molar-refractivity contribution in [2.45, 2.75) is 58.2 Å². The highest BCUT2D eigenvalue weighted by Crippen LogP contribution is 2.51. The summed E-state index contributed by atoms with van der Waals surface area (Å²) >= 11 is 0.699. The highest BCUT2D eigenvalue weighted by molar-refractivity contribution is 7.11. The fourth-order valence-corrected chi connectivity index (χ4v) is 4.32. The lowest BCUT2D eigenvalue weighted by molar-refractivity contribution is -0.137. The van der Waals surface area contributed by atoms with Crippen LogP contribution in [-0.4, -0.2) is 4.98 Å². The van der Waals surface area contributed by atoms with Gasteiger partial charge in [-0.1, -0.05) is 26.7 Å². The third-order valence-electron chi connectivity index (χ3n) is 4.15. The van der Waals surface area contributed by atoms with Crippen LogP contribution in [0.2, 0.25) is 0 Å². The maximum Gasteiger partial charge on any atom is 0.443 e. The highest BCUT2D eigenvalue weighted by atomic mass is 32.1. The van der Waals surface area contributed by atoms with E-state index in [0.717, 1.165) is 32.1 Å². The molecule has 6 heteroatoms. The Labute approximate surface area is 121 Å². The van der Waals surface area contributed by atoms with E-state index in [-0.39, 0.29) is 11.5 Å². The summed E-state index contributed by atoms with van der Waals surface area (Å²) in [4.78, 5) is 4.07. The van der Waals surface area contributed by atoms with Crippen molar-refractivity contribution in [1.29, 1.82) is 0 Å². The first kappa shape index (κ1) is 15.8. The molecule has 1 aromatic heterocycles. The third kappa shape index (κ3) is 3.17. The maximum absolute atomic E-state index is 12.7. The molecule has 2 nitrogen and oxygen atoms in total. The minimum absolute atomic E-state index is 0.0520. The van der Waals surface area contributed by atoms with Gasteiger partial charge in [-0.05, 0) is 30.6 Å². The van der Waals surface area contributed by atoms with E-state index in [4.69, 9.17) is 5.73 Å². The molecule has 20 heavy (non-hydrogen) atoms. The standard InChI is InChI=1S/C14H21F3N2S/c1-9(2)7-13(5-3-4-6-13)11(18)10-8-19-12(20-10)14(15,16)17/h8-9,11H,3-7,18H2,1-2H3. The number of hydrogen-bond donors (Lipinski definition) is 1. The first-order valence-electron chi connectivity index (χ1n) is 7.03. The zero-order valence-corrected chi connectivity index (χ0v) is 12.7. The lowest BCUT2D eigenvalue weighted by Gasteiger charge is -2.36. The van der Waals surface area contributed by atoms with E-state index in [2.05, 4.69) is 18.8 Å². The Hall–Kier alpha value is -0.620. The molecule has 2 rings (SSSR count). The second-order valence-corrected chi connectivity index (χ2v) is 7.27. The van der Waals surface area contributed by atoms with E-state index in [1.807, 2.05) is 0 Å². The third-order valence-corrected chi connectivity index (χ3v) is 5.27. The van der Waals surface area contributed by atoms with Gasteiger partial charge in [0, 0.05) is 17.1 Å². The van der Waals surface area contributed by atoms with Gasteiger partial charge in [-0.15, -0.1) is 11.3 Å². The van der Waals surface area contributed by atoms with E-state index >= 15 is 0 Å². The van der Waals surface area contributed by atoms with Crippen molar-refractivity contribution in [3.05, 3.63) is 16.1 Å². The second kappa shape index (κ2) is 5.64. The number of hydrogen-bond acceptors (Lipinski definition) is 3. The van der Waals surface area contributed by atoms with Gasteiger partial charge >= 0.3 is 6.18 Å². The Kier molecular flexibility index (Phi) is 4.44. The molecule has 1 aliphatic rings. The Morgan fingerprint density at radius 3 is 2.40 bits per heavy atom. The first-order valence-corrected chi connectivity index (χ1v) is 7.85. The Morgan fingerprint density at radius 1 is 1.35 bits per heavy atom. The van der Waals surface area contributed by atoms with E-state index in [1.54, 1.807) is 0 Å². The van der Waals surface area contributed by atoms with E-state index < -0.39 is 11.2 Å². The lowest BCUT2D eigenvalue weighted by atomic mass is 9.72. The van der Waals surface area contributed by atoms with Crippen molar-refractivity contribution >= 4 is 11.3 Å². The van der Waals surface area contributed by atoms with Gasteiger partial charge in [0.2, 0.25) is 0 Å². The van der Waals surface area contributed by atoms with E-state index in [1.165, 1.54) is 6.20 Å². The first-order chi connectivity index (χ1) is 9.24. The normalized spacial score (nSPS) is 20.6. The van der Waals surface area contributed by atoms with Crippen LogP contribution in [0.5, 0.6) is 0 Å². The summed E-state index contributed by atoms with van der Waals surface area (Å²) in [6, 6.07) is -0.332. The van der Waals surface area contributed by atoms with Crippen LogP contribution in [-0.2, 0) is 6.18 Å². The van der Waals surface area contributed by atoms with Crippen LogP contribution in [0.4, 0.5) is 13.2 Å². The van der Waals surface area contributed by atoms with Crippen LogP contribution in [0.3, 0.4) is 0 Å². The molecular weight excluding hydrogens is 285 g/mol. The fraction of sp³-hybridized carbons (Fsp3) is 0.786. The van der Waals surface area contributed by atoms with Crippen molar-refractivity contribution in [3.63, 3.8) is 0 Å². The summed E-state index contributed by atoms with van der Waals surface area (Å²) in [6.45, 7) is 4.28. The molecule has 0 spiro atoms. The number of halogens is 3. The van der Waals surface area contributed by atoms with Crippen LogP contribution < -0.4 is 5.73 Å². The van der Waals surface area contributed by atoms with Crippen molar-refractivity contribution in [2.75, 3.05) is 0 Å². The monoisotopic (exact) mass is 306 g/mol. The van der Waals surface area contributed by atoms with Gasteiger partial charge in [-0.2, -0.15) is 13.2 Å². The van der Waals surface area contributed by atoms with E-state index in [9.17, 15) is 13.2 Å². The van der Waals surface area contributed by atoms with Crippen LogP contribution in [0.1, 0.15) is 61.9 Å². The molecular formula is C14H21F3N2S. The predicted octanol–water partition coefficient (Wildman–Crippen LogP) is 4.77. The van der Waals surface area contributed by atoms with Gasteiger partial charge in [0.1, 0.15) is 0 Å². The van der Waals surface area contributed by atoms with Crippen molar-refractivity contribution in [2.24, 2.45) is 17.1 Å². The number of rotatable bonds is 4. The number of aromatic nitrogens is 1. The maximum atomic E-state index is 12.7. The van der Waals surface area contributed by atoms with Crippen LogP contribution in [0.25, 0.3) is 0 Å². The quantitative estimate of drug-likeness (QED) is 0.870. The highest BCUT2D eigenvalue weighted by Gasteiger charge is 2.42. The van der Waals surface area contributed by atoms with Crippen molar-refractivity contribution < 1.29 is 13.2 Å².